The van der Waals surface area contributed by atoms with Gasteiger partial charge in [0.05, 0.1) is 25.0 Å². The Morgan fingerprint density at radius 1 is 0.611 bits per heavy atom. The molecular weight excluding hydrogens is 456 g/mol. The molecule has 0 amide bonds. The smallest absolute Gasteiger partial charge is 0.143 e. The van der Waals surface area contributed by atoms with Gasteiger partial charge in [0, 0.05) is 31.7 Å². The summed E-state index contributed by atoms with van der Waals surface area (Å²) in [6, 6.07) is 7.41. The molecule has 0 heterocycles. The van der Waals surface area contributed by atoms with Gasteiger partial charge in [0.2, 0.25) is 0 Å². The maximum absolute atomic E-state index is 12.3. The normalized spacial score (nSPS) is 12.9. The van der Waals surface area contributed by atoms with Crippen LogP contribution in [0.4, 0.5) is 0 Å². The molecule has 2 atom stereocenters. The first-order valence-corrected chi connectivity index (χ1v) is 13.7. The monoisotopic (exact) mass is 502 g/mol. The van der Waals surface area contributed by atoms with Gasteiger partial charge in [-0.3, -0.25) is 19.2 Å². The van der Waals surface area contributed by atoms with Crippen LogP contribution in [0.1, 0.15) is 92.9 Å². The van der Waals surface area contributed by atoms with E-state index >= 15 is 0 Å². The standard InChI is InChI=1S/C30H46O6/c1-7-21(16-25(27(31)9-3)28(32)10-4)19-35-23-14-13-15-24(18-23)36-20-22(8-2)17-26(29(33)11-5)30(34)12-6/h13-15,18,21-22,25-26H,7-12,16-17,19-20H2,1-6H3. The molecule has 0 fully saturated rings. The summed E-state index contributed by atoms with van der Waals surface area (Å²) in [6.07, 6.45) is 4.12. The maximum atomic E-state index is 12.3. The van der Waals surface area contributed by atoms with Crippen LogP contribution in [-0.2, 0) is 19.2 Å². The van der Waals surface area contributed by atoms with Gasteiger partial charge in [-0.1, -0.05) is 60.5 Å². The molecule has 0 spiro atoms. The molecule has 0 N–H and O–H groups in total. The Kier molecular flexibility index (Phi) is 14.9. The van der Waals surface area contributed by atoms with Gasteiger partial charge in [-0.25, -0.2) is 0 Å². The molecule has 202 valence electrons. The van der Waals surface area contributed by atoms with E-state index in [1.807, 2.05) is 38.1 Å². The highest BCUT2D eigenvalue weighted by molar-refractivity contribution is 6.02. The number of rotatable bonds is 20. The minimum absolute atomic E-state index is 0.00434. The number of benzene rings is 1. The third-order valence-corrected chi connectivity index (χ3v) is 7.02. The molecule has 6 heteroatoms. The van der Waals surface area contributed by atoms with E-state index in [-0.39, 0.29) is 35.0 Å². The van der Waals surface area contributed by atoms with E-state index < -0.39 is 11.8 Å². The molecule has 6 nitrogen and oxygen atoms in total. The van der Waals surface area contributed by atoms with Crippen molar-refractivity contribution in [1.82, 2.24) is 0 Å². The van der Waals surface area contributed by atoms with E-state index in [4.69, 9.17) is 9.47 Å². The molecule has 1 rings (SSSR count). The highest BCUT2D eigenvalue weighted by atomic mass is 16.5. The van der Waals surface area contributed by atoms with Gasteiger partial charge < -0.3 is 9.47 Å². The zero-order valence-electron chi connectivity index (χ0n) is 23.1. The predicted octanol–water partition coefficient (Wildman–Crippen LogP) is 6.43. The molecule has 0 saturated heterocycles. The first kappa shape index (κ1) is 31.5. The maximum Gasteiger partial charge on any atom is 0.143 e. The summed E-state index contributed by atoms with van der Waals surface area (Å²) in [5.74, 6) is 0.454. The van der Waals surface area contributed by atoms with Crippen LogP contribution in [0.5, 0.6) is 11.5 Å². The van der Waals surface area contributed by atoms with Crippen molar-refractivity contribution in [2.45, 2.75) is 92.9 Å². The second-order valence-corrected chi connectivity index (χ2v) is 9.50. The van der Waals surface area contributed by atoms with E-state index in [2.05, 4.69) is 0 Å². The van der Waals surface area contributed by atoms with Gasteiger partial charge in [0.25, 0.3) is 0 Å². The Bertz CT molecular complexity index is 748. The third-order valence-electron chi connectivity index (χ3n) is 7.02. The molecule has 0 aliphatic heterocycles. The lowest BCUT2D eigenvalue weighted by Crippen LogP contribution is -2.27. The van der Waals surface area contributed by atoms with Crippen LogP contribution in [-0.4, -0.2) is 36.3 Å². The van der Waals surface area contributed by atoms with E-state index in [1.165, 1.54) is 0 Å². The third kappa shape index (κ3) is 10.2. The molecule has 0 bridgehead atoms. The molecule has 0 aliphatic rings. The first-order chi connectivity index (χ1) is 17.2. The SMILES string of the molecule is CCC(=O)C(CC(CC)COc1cccc(OCC(CC)CC(C(=O)CC)C(=O)CC)c1)C(=O)CC. The molecule has 0 radical (unpaired) electrons. The summed E-state index contributed by atoms with van der Waals surface area (Å²) in [6.45, 7) is 12.1. The second kappa shape index (κ2) is 17.0. The number of hydrogen-bond donors (Lipinski definition) is 0. The fourth-order valence-corrected chi connectivity index (χ4v) is 4.32. The fraction of sp³-hybridized carbons (Fsp3) is 0.667. The summed E-state index contributed by atoms with van der Waals surface area (Å²) >= 11 is 0. The Balaban J connectivity index is 2.75. The topological polar surface area (TPSA) is 86.7 Å². The number of Topliss-reactive ketones (excluding diaryl/α,β-unsaturated/α-hetero) is 4. The van der Waals surface area contributed by atoms with Crippen LogP contribution >= 0.6 is 0 Å². The van der Waals surface area contributed by atoms with Crippen LogP contribution < -0.4 is 9.47 Å². The van der Waals surface area contributed by atoms with Crippen molar-refractivity contribution in [2.75, 3.05) is 13.2 Å². The largest absolute Gasteiger partial charge is 0.493 e. The van der Waals surface area contributed by atoms with Gasteiger partial charge in [0.1, 0.15) is 34.6 Å². The number of hydrogen-bond acceptors (Lipinski definition) is 6. The summed E-state index contributed by atoms with van der Waals surface area (Å²) in [5.41, 5.74) is 0. The number of ether oxygens (including phenoxy) is 2. The summed E-state index contributed by atoms with van der Waals surface area (Å²) < 4.78 is 12.1. The lowest BCUT2D eigenvalue weighted by Gasteiger charge is -2.22. The Hall–Kier alpha value is -2.50. The van der Waals surface area contributed by atoms with E-state index in [0.717, 1.165) is 12.8 Å². The Morgan fingerprint density at radius 2 is 0.944 bits per heavy atom. The number of carbonyl (C=O) groups excluding carboxylic acids is 4. The van der Waals surface area contributed by atoms with E-state index in [9.17, 15) is 19.2 Å². The fourth-order valence-electron chi connectivity index (χ4n) is 4.32. The zero-order valence-corrected chi connectivity index (χ0v) is 23.1. The van der Waals surface area contributed by atoms with Crippen molar-refractivity contribution in [3.8, 4) is 11.5 Å². The van der Waals surface area contributed by atoms with Gasteiger partial charge in [-0.2, -0.15) is 0 Å². The molecule has 1 aromatic carbocycles. The first-order valence-electron chi connectivity index (χ1n) is 13.7. The van der Waals surface area contributed by atoms with Gasteiger partial charge in [0.15, 0.2) is 0 Å². The highest BCUT2D eigenvalue weighted by Crippen LogP contribution is 2.26. The van der Waals surface area contributed by atoms with Crippen molar-refractivity contribution in [2.24, 2.45) is 23.7 Å². The molecular formula is C30H46O6. The molecule has 0 aromatic heterocycles. The summed E-state index contributed by atoms with van der Waals surface area (Å²) in [5, 5.41) is 0. The molecule has 0 aliphatic carbocycles. The highest BCUT2D eigenvalue weighted by Gasteiger charge is 2.28. The van der Waals surface area contributed by atoms with E-state index in [1.54, 1.807) is 27.7 Å². The average Bonchev–Trinajstić information content (AvgIpc) is 2.91. The van der Waals surface area contributed by atoms with Crippen molar-refractivity contribution >= 4 is 23.1 Å². The Labute approximate surface area is 217 Å². The van der Waals surface area contributed by atoms with Crippen molar-refractivity contribution < 1.29 is 28.7 Å². The van der Waals surface area contributed by atoms with Crippen LogP contribution in [0.2, 0.25) is 0 Å². The van der Waals surface area contributed by atoms with Gasteiger partial charge in [-0.15, -0.1) is 0 Å². The number of ketones is 4. The average molecular weight is 503 g/mol. The van der Waals surface area contributed by atoms with Crippen LogP contribution in [0.15, 0.2) is 24.3 Å². The van der Waals surface area contributed by atoms with Crippen molar-refractivity contribution in [1.29, 1.82) is 0 Å². The minimum Gasteiger partial charge on any atom is -0.493 e. The quantitative estimate of drug-likeness (QED) is 0.191. The molecule has 1 aromatic rings. The number of carbonyl (C=O) groups is 4. The van der Waals surface area contributed by atoms with Gasteiger partial charge >= 0.3 is 0 Å². The minimum atomic E-state index is -0.544. The summed E-state index contributed by atoms with van der Waals surface area (Å²) in [7, 11) is 0. The van der Waals surface area contributed by atoms with E-state index in [0.29, 0.717) is 63.2 Å². The molecule has 2 unspecified atom stereocenters. The van der Waals surface area contributed by atoms with Gasteiger partial charge in [-0.05, 0) is 36.8 Å². The summed E-state index contributed by atoms with van der Waals surface area (Å²) in [4.78, 5) is 49.2. The molecule has 36 heavy (non-hydrogen) atoms. The van der Waals surface area contributed by atoms with Crippen LogP contribution in [0, 0.1) is 23.7 Å². The van der Waals surface area contributed by atoms with Crippen molar-refractivity contribution in [3.63, 3.8) is 0 Å². The lowest BCUT2D eigenvalue weighted by molar-refractivity contribution is -0.134. The second-order valence-electron chi connectivity index (χ2n) is 9.50. The molecule has 0 saturated carbocycles. The van der Waals surface area contributed by atoms with Crippen LogP contribution in [0.3, 0.4) is 0 Å². The lowest BCUT2D eigenvalue weighted by atomic mass is 9.85. The predicted molar refractivity (Wildman–Crippen MR) is 142 cm³/mol. The van der Waals surface area contributed by atoms with Crippen LogP contribution in [0.25, 0.3) is 0 Å². The Morgan fingerprint density at radius 3 is 1.22 bits per heavy atom. The van der Waals surface area contributed by atoms with Crippen molar-refractivity contribution in [3.05, 3.63) is 24.3 Å². The zero-order chi connectivity index (χ0) is 27.1.